The van der Waals surface area contributed by atoms with Crippen LogP contribution in [0, 0.1) is 5.92 Å². The number of unbranched alkanes of at least 4 members (excludes halogenated alkanes) is 1. The Kier molecular flexibility index (Phi) is 7.26. The third kappa shape index (κ3) is 5.23. The van der Waals surface area contributed by atoms with E-state index in [0.717, 1.165) is 17.3 Å². The molecule has 0 aliphatic heterocycles. The lowest BCUT2D eigenvalue weighted by Gasteiger charge is -2.29. The Hall–Kier alpha value is -2.06. The highest BCUT2D eigenvalue weighted by Crippen LogP contribution is 2.39. The van der Waals surface area contributed by atoms with E-state index in [0.29, 0.717) is 32.1 Å². The van der Waals surface area contributed by atoms with Gasteiger partial charge in [-0.25, -0.2) is 4.79 Å². The summed E-state index contributed by atoms with van der Waals surface area (Å²) in [5.74, 6) is -1.63. The van der Waals surface area contributed by atoms with E-state index in [2.05, 4.69) is 5.10 Å². The minimum absolute atomic E-state index is 0.0719. The smallest absolute Gasteiger partial charge is 0.433 e. The first-order valence-corrected chi connectivity index (χ1v) is 9.28. The molecule has 0 atom stereocenters. The van der Waals surface area contributed by atoms with E-state index in [1.807, 2.05) is 6.92 Å². The van der Waals surface area contributed by atoms with Crippen molar-refractivity contribution in [2.75, 3.05) is 13.2 Å². The number of halogens is 3. The third-order valence-electron chi connectivity index (χ3n) is 4.68. The first-order valence-electron chi connectivity index (χ1n) is 9.28. The lowest BCUT2D eigenvalue weighted by Crippen LogP contribution is -2.28. The van der Waals surface area contributed by atoms with Gasteiger partial charge in [-0.15, -0.1) is 0 Å². The summed E-state index contributed by atoms with van der Waals surface area (Å²) < 4.78 is 51.6. The zero-order valence-electron chi connectivity index (χ0n) is 15.6. The highest BCUT2D eigenvalue weighted by Gasteiger charge is 2.42. The molecule has 1 heterocycles. The van der Waals surface area contributed by atoms with Crippen LogP contribution in [0.5, 0.6) is 0 Å². The van der Waals surface area contributed by atoms with Gasteiger partial charge in [0.05, 0.1) is 31.4 Å². The second-order valence-electron chi connectivity index (χ2n) is 6.60. The van der Waals surface area contributed by atoms with Gasteiger partial charge in [-0.2, -0.15) is 18.3 Å². The van der Waals surface area contributed by atoms with Crippen molar-refractivity contribution in [3.8, 4) is 0 Å². The van der Waals surface area contributed by atoms with E-state index in [1.165, 1.54) is 0 Å². The Labute approximate surface area is 156 Å². The van der Waals surface area contributed by atoms with Gasteiger partial charge in [0, 0.05) is 0 Å². The van der Waals surface area contributed by atoms with Crippen LogP contribution in [0.1, 0.15) is 74.5 Å². The molecule has 1 aliphatic rings. The standard InChI is InChI=1S/C18H25F3N2O4/c1-3-5-10-27-17(25)14-11-22-23(15(14)18(19,20)21)13-8-6-12(7-9-13)16(24)26-4-2/h11-13H,3-10H2,1-2H3. The maximum atomic E-state index is 13.6. The number of rotatable bonds is 7. The van der Waals surface area contributed by atoms with Gasteiger partial charge < -0.3 is 9.47 Å². The van der Waals surface area contributed by atoms with Crippen LogP contribution in [-0.2, 0) is 20.4 Å². The summed E-state index contributed by atoms with van der Waals surface area (Å²) in [7, 11) is 0. The summed E-state index contributed by atoms with van der Waals surface area (Å²) >= 11 is 0. The predicted molar refractivity (Wildman–Crippen MR) is 90.0 cm³/mol. The fourth-order valence-corrected chi connectivity index (χ4v) is 3.27. The number of carbonyl (C=O) groups is 2. The van der Waals surface area contributed by atoms with Crippen molar-refractivity contribution in [2.45, 2.75) is 64.6 Å². The topological polar surface area (TPSA) is 70.4 Å². The number of nitrogens with zero attached hydrogens (tertiary/aromatic N) is 2. The van der Waals surface area contributed by atoms with E-state index in [-0.39, 0.29) is 25.1 Å². The molecule has 1 saturated carbocycles. The molecule has 6 nitrogen and oxygen atoms in total. The van der Waals surface area contributed by atoms with Gasteiger partial charge in [0.1, 0.15) is 5.56 Å². The molecule has 0 spiro atoms. The van der Waals surface area contributed by atoms with Crippen molar-refractivity contribution in [1.82, 2.24) is 9.78 Å². The summed E-state index contributed by atoms with van der Waals surface area (Å²) in [4.78, 5) is 23.9. The predicted octanol–water partition coefficient (Wildman–Crippen LogP) is 4.15. The highest BCUT2D eigenvalue weighted by molar-refractivity contribution is 5.90. The van der Waals surface area contributed by atoms with Crippen molar-refractivity contribution in [2.24, 2.45) is 5.92 Å². The van der Waals surface area contributed by atoms with Crippen molar-refractivity contribution < 1.29 is 32.2 Å². The highest BCUT2D eigenvalue weighted by atomic mass is 19.4. The molecule has 0 saturated heterocycles. The Balaban J connectivity index is 2.16. The molecule has 1 fully saturated rings. The molecule has 27 heavy (non-hydrogen) atoms. The molecular formula is C18H25F3N2O4. The Morgan fingerprint density at radius 3 is 2.41 bits per heavy atom. The maximum absolute atomic E-state index is 13.6. The number of hydrogen-bond donors (Lipinski definition) is 0. The Morgan fingerprint density at radius 2 is 1.85 bits per heavy atom. The Morgan fingerprint density at radius 1 is 1.19 bits per heavy atom. The lowest BCUT2D eigenvalue weighted by atomic mass is 9.86. The number of esters is 2. The van der Waals surface area contributed by atoms with Crippen LogP contribution in [0.2, 0.25) is 0 Å². The molecule has 0 amide bonds. The van der Waals surface area contributed by atoms with Crippen molar-refractivity contribution in [1.29, 1.82) is 0 Å². The molecule has 0 bridgehead atoms. The van der Waals surface area contributed by atoms with Crippen molar-refractivity contribution in [3.63, 3.8) is 0 Å². The first-order chi connectivity index (χ1) is 12.8. The minimum atomic E-state index is -4.73. The molecule has 0 N–H and O–H groups in total. The average Bonchev–Trinajstić information content (AvgIpc) is 3.08. The molecule has 1 aliphatic carbocycles. The van der Waals surface area contributed by atoms with Gasteiger partial charge in [0.25, 0.3) is 0 Å². The zero-order valence-corrected chi connectivity index (χ0v) is 15.6. The van der Waals surface area contributed by atoms with Crippen LogP contribution in [0.4, 0.5) is 13.2 Å². The van der Waals surface area contributed by atoms with Gasteiger partial charge >= 0.3 is 18.1 Å². The van der Waals surface area contributed by atoms with Crippen LogP contribution in [0.3, 0.4) is 0 Å². The number of carbonyl (C=O) groups excluding carboxylic acids is 2. The van der Waals surface area contributed by atoms with Crippen molar-refractivity contribution in [3.05, 3.63) is 17.5 Å². The average molecular weight is 390 g/mol. The number of ether oxygens (including phenoxy) is 2. The molecule has 0 radical (unpaired) electrons. The molecule has 0 aromatic carbocycles. The SMILES string of the molecule is CCCCOC(=O)c1cnn(C2CCC(C(=O)OCC)CC2)c1C(F)(F)F. The fraction of sp³-hybridized carbons (Fsp3) is 0.722. The molecule has 9 heteroatoms. The van der Waals surface area contributed by atoms with Crippen LogP contribution in [0.15, 0.2) is 6.20 Å². The van der Waals surface area contributed by atoms with Gasteiger partial charge in [0.2, 0.25) is 0 Å². The first kappa shape index (κ1) is 21.2. The molecule has 1 aromatic rings. The number of alkyl halides is 3. The van der Waals surface area contributed by atoms with E-state index in [9.17, 15) is 22.8 Å². The van der Waals surface area contributed by atoms with Gasteiger partial charge in [-0.05, 0) is 39.0 Å². The second kappa shape index (κ2) is 9.23. The van der Waals surface area contributed by atoms with E-state index in [1.54, 1.807) is 6.92 Å². The van der Waals surface area contributed by atoms with Crippen LogP contribution in [-0.4, -0.2) is 34.9 Å². The number of aromatic nitrogens is 2. The van der Waals surface area contributed by atoms with Crippen LogP contribution < -0.4 is 0 Å². The lowest BCUT2D eigenvalue weighted by molar-refractivity contribution is -0.151. The second-order valence-corrected chi connectivity index (χ2v) is 6.60. The normalized spacial score (nSPS) is 20.3. The summed E-state index contributed by atoms with van der Waals surface area (Å²) in [5.41, 5.74) is -1.64. The largest absolute Gasteiger partial charge is 0.466 e. The molecule has 152 valence electrons. The quantitative estimate of drug-likeness (QED) is 0.517. The van der Waals surface area contributed by atoms with Crippen molar-refractivity contribution >= 4 is 11.9 Å². The Bertz CT molecular complexity index is 650. The summed E-state index contributed by atoms with van der Waals surface area (Å²) in [5, 5.41) is 3.84. The van der Waals surface area contributed by atoms with Gasteiger partial charge in [-0.1, -0.05) is 13.3 Å². The monoisotopic (exact) mass is 390 g/mol. The van der Waals surface area contributed by atoms with E-state index in [4.69, 9.17) is 9.47 Å². The summed E-state index contributed by atoms with van der Waals surface area (Å²) in [6, 6.07) is -0.524. The molecular weight excluding hydrogens is 365 g/mol. The minimum Gasteiger partial charge on any atom is -0.466 e. The maximum Gasteiger partial charge on any atom is 0.433 e. The summed E-state index contributed by atoms with van der Waals surface area (Å²) in [6.45, 7) is 3.95. The molecule has 0 unspecified atom stereocenters. The molecule has 1 aromatic heterocycles. The molecule has 2 rings (SSSR count). The zero-order chi connectivity index (χ0) is 20.0. The third-order valence-corrected chi connectivity index (χ3v) is 4.68. The number of hydrogen-bond acceptors (Lipinski definition) is 5. The van der Waals surface area contributed by atoms with Gasteiger partial charge in [0.15, 0.2) is 5.69 Å². The van der Waals surface area contributed by atoms with Crippen LogP contribution in [0.25, 0.3) is 0 Å². The van der Waals surface area contributed by atoms with E-state index < -0.39 is 29.4 Å². The van der Waals surface area contributed by atoms with Crippen LogP contribution >= 0.6 is 0 Å². The summed E-state index contributed by atoms with van der Waals surface area (Å²) in [6.07, 6.45) is -0.880. The van der Waals surface area contributed by atoms with E-state index >= 15 is 0 Å². The van der Waals surface area contributed by atoms with Gasteiger partial charge in [-0.3, -0.25) is 9.48 Å². The fourth-order valence-electron chi connectivity index (χ4n) is 3.27.